The quantitative estimate of drug-likeness (QED) is 0.497. The monoisotopic (exact) mass is 421 g/mol. The number of piperazine rings is 1. The van der Waals surface area contributed by atoms with E-state index in [1.807, 2.05) is 6.07 Å². The van der Waals surface area contributed by atoms with Crippen LogP contribution in [0.25, 0.3) is 0 Å². The number of carbonyl (C=O) groups excluding carboxylic acids is 2. The van der Waals surface area contributed by atoms with Crippen LogP contribution in [-0.2, 0) is 9.59 Å². The molecule has 2 atom stereocenters. The topological polar surface area (TPSA) is 69.6 Å². The van der Waals surface area contributed by atoms with E-state index in [1.165, 1.54) is 0 Å². The molecule has 4 rings (SSSR count). The number of aromatic nitrogens is 2. The fraction of sp³-hybridized carbons (Fsp3) is 0.714. The number of amides is 2. The molecule has 8 heteroatoms. The van der Waals surface area contributed by atoms with Gasteiger partial charge in [0.25, 0.3) is 0 Å². The van der Waals surface area contributed by atoms with Gasteiger partial charge in [0, 0.05) is 45.1 Å². The summed E-state index contributed by atoms with van der Waals surface area (Å²) in [5, 5.41) is 0. The van der Waals surface area contributed by atoms with Gasteiger partial charge in [-0.15, -0.1) is 12.4 Å². The highest BCUT2D eigenvalue weighted by Gasteiger charge is 2.47. The van der Waals surface area contributed by atoms with E-state index in [-0.39, 0.29) is 36.1 Å². The SMILES string of the molecule is Cl.O=C1C2CCCCC2C(=O)N1CCCCCN1CCN(c2ncccn2)CC1. The van der Waals surface area contributed by atoms with Crippen molar-refractivity contribution in [2.24, 2.45) is 11.8 Å². The van der Waals surface area contributed by atoms with Gasteiger partial charge in [-0.2, -0.15) is 0 Å². The summed E-state index contributed by atoms with van der Waals surface area (Å²) in [7, 11) is 0. The number of imide groups is 1. The molecule has 0 spiro atoms. The normalized spacial score (nSPS) is 25.1. The smallest absolute Gasteiger partial charge is 0.233 e. The third-order valence-electron chi connectivity index (χ3n) is 6.50. The number of likely N-dealkylation sites (tertiary alicyclic amines) is 1. The van der Waals surface area contributed by atoms with Gasteiger partial charge in [0.2, 0.25) is 17.8 Å². The Kier molecular flexibility index (Phi) is 7.84. The zero-order valence-electron chi connectivity index (χ0n) is 17.0. The number of fused-ring (bicyclic) bond motifs is 1. The first-order chi connectivity index (χ1) is 13.7. The van der Waals surface area contributed by atoms with Crippen LogP contribution >= 0.6 is 12.4 Å². The molecule has 0 aromatic carbocycles. The molecule has 0 radical (unpaired) electrons. The number of nitrogens with zero attached hydrogens (tertiary/aromatic N) is 5. The average molecular weight is 422 g/mol. The maximum absolute atomic E-state index is 12.5. The highest BCUT2D eigenvalue weighted by atomic mass is 35.5. The van der Waals surface area contributed by atoms with Crippen molar-refractivity contribution in [3.05, 3.63) is 18.5 Å². The molecular weight excluding hydrogens is 390 g/mol. The van der Waals surface area contributed by atoms with Crippen molar-refractivity contribution >= 4 is 30.2 Å². The standard InChI is InChI=1S/C21H31N5O2.ClH/c27-19-17-7-2-3-8-18(17)20(28)26(19)12-5-1-4-11-24-13-15-25(16-14-24)21-22-9-6-10-23-21;/h6,9-10,17-18H,1-5,7-8,11-16H2;1H. The maximum Gasteiger partial charge on any atom is 0.233 e. The largest absolute Gasteiger partial charge is 0.338 e. The van der Waals surface area contributed by atoms with Gasteiger partial charge in [-0.3, -0.25) is 19.4 Å². The second kappa shape index (κ2) is 10.3. The van der Waals surface area contributed by atoms with Crippen molar-refractivity contribution in [3.8, 4) is 0 Å². The second-order valence-corrected chi connectivity index (χ2v) is 8.26. The molecule has 7 nitrogen and oxygen atoms in total. The van der Waals surface area contributed by atoms with E-state index >= 15 is 0 Å². The number of halogens is 1. The lowest BCUT2D eigenvalue weighted by Gasteiger charge is -2.34. The van der Waals surface area contributed by atoms with E-state index in [0.29, 0.717) is 6.54 Å². The van der Waals surface area contributed by atoms with Crippen molar-refractivity contribution in [3.63, 3.8) is 0 Å². The summed E-state index contributed by atoms with van der Waals surface area (Å²) in [6.07, 6.45) is 10.7. The minimum Gasteiger partial charge on any atom is -0.338 e. The molecule has 1 saturated carbocycles. The Morgan fingerprint density at radius 2 is 1.41 bits per heavy atom. The minimum atomic E-state index is -0.00820. The van der Waals surface area contributed by atoms with E-state index in [0.717, 1.165) is 83.6 Å². The third-order valence-corrected chi connectivity index (χ3v) is 6.50. The van der Waals surface area contributed by atoms with Crippen LogP contribution in [0.3, 0.4) is 0 Å². The lowest BCUT2D eigenvalue weighted by molar-refractivity contribution is -0.139. The van der Waals surface area contributed by atoms with Crippen molar-refractivity contribution in [1.29, 1.82) is 0 Å². The molecule has 0 N–H and O–H groups in total. The summed E-state index contributed by atoms with van der Waals surface area (Å²) in [6, 6.07) is 1.84. The van der Waals surface area contributed by atoms with Gasteiger partial charge in [-0.05, 0) is 38.3 Å². The Morgan fingerprint density at radius 1 is 0.828 bits per heavy atom. The zero-order valence-corrected chi connectivity index (χ0v) is 17.9. The van der Waals surface area contributed by atoms with Crippen molar-refractivity contribution < 1.29 is 9.59 Å². The second-order valence-electron chi connectivity index (χ2n) is 8.26. The molecule has 3 aliphatic rings. The lowest BCUT2D eigenvalue weighted by Crippen LogP contribution is -2.47. The van der Waals surface area contributed by atoms with Gasteiger partial charge in [0.1, 0.15) is 0 Å². The van der Waals surface area contributed by atoms with Crippen molar-refractivity contribution in [2.75, 3.05) is 44.2 Å². The van der Waals surface area contributed by atoms with Gasteiger partial charge in [-0.1, -0.05) is 19.3 Å². The Bertz CT molecular complexity index is 657. The number of hydrogen-bond acceptors (Lipinski definition) is 6. The number of anilines is 1. The van der Waals surface area contributed by atoms with Crippen molar-refractivity contribution in [2.45, 2.75) is 44.9 Å². The number of rotatable bonds is 7. The molecule has 1 aromatic heterocycles. The molecule has 2 saturated heterocycles. The van der Waals surface area contributed by atoms with Gasteiger partial charge in [-0.25, -0.2) is 9.97 Å². The van der Waals surface area contributed by atoms with Crippen LogP contribution in [0.1, 0.15) is 44.9 Å². The van der Waals surface area contributed by atoms with E-state index in [9.17, 15) is 9.59 Å². The molecular formula is C21H32ClN5O2. The molecule has 2 amide bonds. The minimum absolute atomic E-state index is 0. The third kappa shape index (κ3) is 5.07. The van der Waals surface area contributed by atoms with E-state index < -0.39 is 0 Å². The molecule has 2 unspecified atom stereocenters. The molecule has 160 valence electrons. The summed E-state index contributed by atoms with van der Waals surface area (Å²) in [4.78, 5) is 39.9. The maximum atomic E-state index is 12.5. The molecule has 1 aromatic rings. The number of hydrogen-bond donors (Lipinski definition) is 0. The first-order valence-electron chi connectivity index (χ1n) is 10.8. The fourth-order valence-corrected chi connectivity index (χ4v) is 4.86. The van der Waals surface area contributed by atoms with Crippen LogP contribution in [0.15, 0.2) is 18.5 Å². The highest BCUT2D eigenvalue weighted by Crippen LogP contribution is 2.38. The summed E-state index contributed by atoms with van der Waals surface area (Å²) < 4.78 is 0. The van der Waals surface area contributed by atoms with Gasteiger partial charge in [0.15, 0.2) is 0 Å². The summed E-state index contributed by atoms with van der Waals surface area (Å²) in [6.45, 7) is 5.68. The average Bonchev–Trinajstić information content (AvgIpc) is 2.99. The van der Waals surface area contributed by atoms with Crippen LogP contribution in [0.5, 0.6) is 0 Å². The Hall–Kier alpha value is -1.73. The summed E-state index contributed by atoms with van der Waals surface area (Å²) in [5.41, 5.74) is 0. The molecule has 0 bridgehead atoms. The molecule has 3 heterocycles. The van der Waals surface area contributed by atoms with Crippen LogP contribution in [-0.4, -0.2) is 70.9 Å². The van der Waals surface area contributed by atoms with Crippen LogP contribution in [0.4, 0.5) is 5.95 Å². The Balaban J connectivity index is 0.00000240. The number of carbonyl (C=O) groups is 2. The van der Waals surface area contributed by atoms with Crippen LogP contribution in [0.2, 0.25) is 0 Å². The van der Waals surface area contributed by atoms with E-state index in [2.05, 4.69) is 19.8 Å². The predicted molar refractivity (Wildman–Crippen MR) is 114 cm³/mol. The molecule has 1 aliphatic carbocycles. The fourth-order valence-electron chi connectivity index (χ4n) is 4.86. The van der Waals surface area contributed by atoms with E-state index in [1.54, 1.807) is 17.3 Å². The Morgan fingerprint density at radius 3 is 2.03 bits per heavy atom. The zero-order chi connectivity index (χ0) is 19.3. The molecule has 3 fully saturated rings. The Labute approximate surface area is 179 Å². The van der Waals surface area contributed by atoms with Gasteiger partial charge < -0.3 is 4.90 Å². The summed E-state index contributed by atoms with van der Waals surface area (Å²) in [5.74, 6) is 1.02. The first-order valence-corrected chi connectivity index (χ1v) is 10.8. The van der Waals surface area contributed by atoms with Gasteiger partial charge in [0.05, 0.1) is 11.8 Å². The van der Waals surface area contributed by atoms with Crippen molar-refractivity contribution in [1.82, 2.24) is 19.8 Å². The highest BCUT2D eigenvalue weighted by molar-refractivity contribution is 6.05. The molecule has 29 heavy (non-hydrogen) atoms. The van der Waals surface area contributed by atoms with Crippen LogP contribution in [0, 0.1) is 11.8 Å². The number of unbranched alkanes of at least 4 members (excludes halogenated alkanes) is 2. The summed E-state index contributed by atoms with van der Waals surface area (Å²) >= 11 is 0. The molecule has 2 aliphatic heterocycles. The first kappa shape index (κ1) is 22.0. The predicted octanol–water partition coefficient (Wildman–Crippen LogP) is 2.37. The van der Waals surface area contributed by atoms with Crippen LogP contribution < -0.4 is 4.90 Å². The lowest BCUT2D eigenvalue weighted by atomic mass is 9.81. The van der Waals surface area contributed by atoms with E-state index in [4.69, 9.17) is 0 Å². The van der Waals surface area contributed by atoms with Gasteiger partial charge >= 0.3 is 0 Å².